The van der Waals surface area contributed by atoms with Gasteiger partial charge in [0.05, 0.1) is 6.04 Å². The molecule has 2 fully saturated rings. The van der Waals surface area contributed by atoms with Crippen molar-refractivity contribution in [2.75, 3.05) is 26.2 Å². The molecular formula is C16H25Cl2N3O. The van der Waals surface area contributed by atoms with Gasteiger partial charge in [0.2, 0.25) is 5.91 Å². The smallest absolute Gasteiger partial charge is 0.239 e. The Hall–Kier alpha value is -0.810. The number of rotatable bonds is 4. The molecule has 3 rings (SSSR count). The fourth-order valence-electron chi connectivity index (χ4n) is 2.94. The van der Waals surface area contributed by atoms with Gasteiger partial charge >= 0.3 is 0 Å². The minimum absolute atomic E-state index is 0. The molecule has 0 radical (unpaired) electrons. The van der Waals surface area contributed by atoms with Gasteiger partial charge in [-0.3, -0.25) is 9.69 Å². The molecule has 1 saturated carbocycles. The predicted octanol–water partition coefficient (Wildman–Crippen LogP) is 1.71. The van der Waals surface area contributed by atoms with Gasteiger partial charge in [-0.15, -0.1) is 24.8 Å². The second-order valence-corrected chi connectivity index (χ2v) is 5.89. The summed E-state index contributed by atoms with van der Waals surface area (Å²) in [6.45, 7) is 3.68. The molecule has 1 aromatic carbocycles. The van der Waals surface area contributed by atoms with E-state index in [0.29, 0.717) is 6.42 Å². The van der Waals surface area contributed by atoms with Crippen molar-refractivity contribution < 1.29 is 4.79 Å². The van der Waals surface area contributed by atoms with Crippen molar-refractivity contribution in [3.8, 4) is 0 Å². The monoisotopic (exact) mass is 345 g/mol. The topological polar surface area (TPSA) is 49.6 Å². The lowest BCUT2D eigenvalue weighted by Crippen LogP contribution is -2.54. The number of hydrogen-bond donors (Lipinski definition) is 1. The lowest BCUT2D eigenvalue weighted by Gasteiger charge is -2.36. The summed E-state index contributed by atoms with van der Waals surface area (Å²) in [7, 11) is 0. The molecule has 1 saturated heterocycles. The first kappa shape index (κ1) is 19.2. The maximum absolute atomic E-state index is 12.4. The quantitative estimate of drug-likeness (QED) is 0.903. The summed E-state index contributed by atoms with van der Waals surface area (Å²) in [5.41, 5.74) is 7.21. The Bertz CT molecular complexity index is 460. The van der Waals surface area contributed by atoms with Gasteiger partial charge in [-0.1, -0.05) is 30.3 Å². The fraction of sp³-hybridized carbons (Fsp3) is 0.562. The van der Waals surface area contributed by atoms with Crippen molar-refractivity contribution in [2.24, 2.45) is 5.73 Å². The average molecular weight is 346 g/mol. The van der Waals surface area contributed by atoms with Crippen LogP contribution in [0.15, 0.2) is 30.3 Å². The highest BCUT2D eigenvalue weighted by Crippen LogP contribution is 2.27. The highest BCUT2D eigenvalue weighted by molar-refractivity contribution is 5.85. The zero-order chi connectivity index (χ0) is 13.9. The third-order valence-corrected chi connectivity index (χ3v) is 4.30. The van der Waals surface area contributed by atoms with E-state index in [0.717, 1.165) is 37.8 Å². The number of hydrogen-bond acceptors (Lipinski definition) is 3. The molecular weight excluding hydrogens is 321 g/mol. The summed E-state index contributed by atoms with van der Waals surface area (Å²) in [5, 5.41) is 0. The Kier molecular flexibility index (Phi) is 7.63. The largest absolute Gasteiger partial charge is 0.339 e. The minimum atomic E-state index is -0.412. The molecule has 1 aliphatic heterocycles. The average Bonchev–Trinajstić information content (AvgIpc) is 3.32. The third-order valence-electron chi connectivity index (χ3n) is 4.30. The van der Waals surface area contributed by atoms with Gasteiger partial charge in [0.1, 0.15) is 0 Å². The number of carbonyl (C=O) groups is 1. The van der Waals surface area contributed by atoms with Crippen molar-refractivity contribution in [2.45, 2.75) is 31.3 Å². The van der Waals surface area contributed by atoms with E-state index in [1.165, 1.54) is 12.8 Å². The second-order valence-electron chi connectivity index (χ2n) is 5.89. The van der Waals surface area contributed by atoms with Crippen LogP contribution in [-0.4, -0.2) is 54.0 Å². The first-order valence-electron chi connectivity index (χ1n) is 7.56. The second kappa shape index (κ2) is 8.73. The number of halogens is 2. The third kappa shape index (κ3) is 4.85. The Morgan fingerprint density at radius 3 is 2.23 bits per heavy atom. The van der Waals surface area contributed by atoms with Crippen molar-refractivity contribution in [1.82, 2.24) is 9.80 Å². The van der Waals surface area contributed by atoms with Gasteiger partial charge in [0, 0.05) is 32.2 Å². The Morgan fingerprint density at radius 2 is 1.68 bits per heavy atom. The number of piperazine rings is 1. The van der Waals surface area contributed by atoms with Crippen LogP contribution in [0, 0.1) is 0 Å². The molecule has 4 nitrogen and oxygen atoms in total. The van der Waals surface area contributed by atoms with Crippen LogP contribution in [0.3, 0.4) is 0 Å². The van der Waals surface area contributed by atoms with Crippen LogP contribution in [0.5, 0.6) is 0 Å². The van der Waals surface area contributed by atoms with E-state index in [1.807, 2.05) is 35.2 Å². The van der Waals surface area contributed by atoms with Crippen LogP contribution < -0.4 is 5.73 Å². The first-order valence-corrected chi connectivity index (χ1v) is 7.56. The maximum Gasteiger partial charge on any atom is 0.239 e. The summed E-state index contributed by atoms with van der Waals surface area (Å²) in [6.07, 6.45) is 3.30. The number of benzene rings is 1. The highest BCUT2D eigenvalue weighted by atomic mass is 35.5. The van der Waals surface area contributed by atoms with Crippen LogP contribution in [0.25, 0.3) is 0 Å². The van der Waals surface area contributed by atoms with Gasteiger partial charge < -0.3 is 10.6 Å². The summed E-state index contributed by atoms with van der Waals surface area (Å²) < 4.78 is 0. The van der Waals surface area contributed by atoms with E-state index < -0.39 is 6.04 Å². The molecule has 124 valence electrons. The molecule has 1 amide bonds. The summed E-state index contributed by atoms with van der Waals surface area (Å²) in [6, 6.07) is 10.4. The van der Waals surface area contributed by atoms with E-state index >= 15 is 0 Å². The van der Waals surface area contributed by atoms with Crippen LogP contribution in [0.4, 0.5) is 0 Å². The van der Waals surface area contributed by atoms with Crippen molar-refractivity contribution in [3.63, 3.8) is 0 Å². The zero-order valence-corrected chi connectivity index (χ0v) is 14.3. The molecule has 2 N–H and O–H groups in total. The normalized spacial score (nSPS) is 19.8. The molecule has 0 aromatic heterocycles. The van der Waals surface area contributed by atoms with Crippen molar-refractivity contribution in [1.29, 1.82) is 0 Å². The SMILES string of the molecule is Cl.Cl.NC(Cc1ccccc1)C(=O)N1CCN(C2CC2)CC1. The molecule has 0 bridgehead atoms. The van der Waals surface area contributed by atoms with E-state index in [9.17, 15) is 4.79 Å². The number of nitrogens with two attached hydrogens (primary N) is 1. The van der Waals surface area contributed by atoms with E-state index in [2.05, 4.69) is 4.90 Å². The van der Waals surface area contributed by atoms with E-state index in [1.54, 1.807) is 0 Å². The molecule has 1 atom stereocenters. The highest BCUT2D eigenvalue weighted by Gasteiger charge is 2.33. The van der Waals surface area contributed by atoms with Crippen LogP contribution in [0.2, 0.25) is 0 Å². The molecule has 1 aromatic rings. The Balaban J connectivity index is 0.00000121. The lowest BCUT2D eigenvalue weighted by molar-refractivity contribution is -0.134. The maximum atomic E-state index is 12.4. The first-order chi connectivity index (χ1) is 9.74. The molecule has 2 aliphatic rings. The standard InChI is InChI=1S/C16H23N3O.2ClH/c17-15(12-13-4-2-1-3-5-13)16(20)19-10-8-18(9-11-19)14-6-7-14;;/h1-5,14-15H,6-12,17H2;2*1H. The van der Waals surface area contributed by atoms with Gasteiger partial charge in [-0.05, 0) is 24.8 Å². The van der Waals surface area contributed by atoms with E-state index in [-0.39, 0.29) is 30.7 Å². The molecule has 22 heavy (non-hydrogen) atoms. The van der Waals surface area contributed by atoms with Crippen molar-refractivity contribution >= 4 is 30.7 Å². The van der Waals surface area contributed by atoms with Crippen LogP contribution in [0.1, 0.15) is 18.4 Å². The van der Waals surface area contributed by atoms with Gasteiger partial charge in [-0.2, -0.15) is 0 Å². The molecule has 1 heterocycles. The Morgan fingerprint density at radius 1 is 1.09 bits per heavy atom. The fourth-order valence-corrected chi connectivity index (χ4v) is 2.94. The predicted molar refractivity (Wildman–Crippen MR) is 93.8 cm³/mol. The van der Waals surface area contributed by atoms with Crippen molar-refractivity contribution in [3.05, 3.63) is 35.9 Å². The summed E-state index contributed by atoms with van der Waals surface area (Å²) >= 11 is 0. The number of amides is 1. The van der Waals surface area contributed by atoms with Crippen LogP contribution >= 0.6 is 24.8 Å². The van der Waals surface area contributed by atoms with Gasteiger partial charge in [0.15, 0.2) is 0 Å². The minimum Gasteiger partial charge on any atom is -0.339 e. The van der Waals surface area contributed by atoms with Gasteiger partial charge in [-0.25, -0.2) is 0 Å². The summed E-state index contributed by atoms with van der Waals surface area (Å²) in [4.78, 5) is 16.8. The molecule has 1 aliphatic carbocycles. The molecule has 6 heteroatoms. The zero-order valence-electron chi connectivity index (χ0n) is 12.7. The lowest BCUT2D eigenvalue weighted by atomic mass is 10.1. The number of carbonyl (C=O) groups excluding carboxylic acids is 1. The Labute approximate surface area is 144 Å². The van der Waals surface area contributed by atoms with Crippen LogP contribution in [-0.2, 0) is 11.2 Å². The van der Waals surface area contributed by atoms with Gasteiger partial charge in [0.25, 0.3) is 0 Å². The molecule has 0 spiro atoms. The van der Waals surface area contributed by atoms with E-state index in [4.69, 9.17) is 5.73 Å². The molecule has 1 unspecified atom stereocenters. The summed E-state index contributed by atoms with van der Waals surface area (Å²) in [5.74, 6) is 0.101. The number of nitrogens with zero attached hydrogens (tertiary/aromatic N) is 2.